The van der Waals surface area contributed by atoms with Crippen molar-refractivity contribution in [3.8, 4) is 0 Å². The predicted octanol–water partition coefficient (Wildman–Crippen LogP) is 0.215. The molecule has 1 aromatic carbocycles. The normalized spacial score (nSPS) is 9.08. The third-order valence-electron chi connectivity index (χ3n) is 1.92. The van der Waals surface area contributed by atoms with Crippen LogP contribution >= 0.6 is 0 Å². The molecule has 0 aliphatic rings. The van der Waals surface area contributed by atoms with Gasteiger partial charge in [0.25, 0.3) is 0 Å². The molecule has 0 unspecified atom stereocenters. The number of rotatable bonds is 3. The molecule has 0 radical (unpaired) electrons. The third kappa shape index (κ3) is 3.39. The van der Waals surface area contributed by atoms with E-state index in [9.17, 15) is 0 Å². The van der Waals surface area contributed by atoms with E-state index in [2.05, 4.69) is 32.0 Å². The Bertz CT molecular complexity index is 218. The van der Waals surface area contributed by atoms with Crippen LogP contribution < -0.4 is 18.9 Å². The van der Waals surface area contributed by atoms with Gasteiger partial charge in [-0.15, -0.1) is 17.7 Å². The first-order valence-corrected chi connectivity index (χ1v) is 4.24. The van der Waals surface area contributed by atoms with Crippen molar-refractivity contribution in [1.29, 1.82) is 0 Å². The van der Waals surface area contributed by atoms with E-state index in [1.54, 1.807) is 0 Å². The Morgan fingerprint density at radius 3 is 2.50 bits per heavy atom. The molecule has 0 saturated heterocycles. The zero-order valence-corrected chi connectivity index (χ0v) is 8.14. The Morgan fingerprint density at radius 1 is 1.25 bits per heavy atom. The van der Waals surface area contributed by atoms with E-state index < -0.39 is 0 Å². The quantitative estimate of drug-likeness (QED) is 0.431. The average Bonchev–Trinajstić information content (AvgIpc) is 2.03. The summed E-state index contributed by atoms with van der Waals surface area (Å²) in [5, 5.41) is 0. The zero-order valence-electron chi connectivity index (χ0n) is 8.14. The standard InChI is InChI=1S/C11H15.Li/c1-3-4-8-11-9-6-5-7-10(11)2;/h5-7,9H,2-4,8H2,1H3;/q-1;+1. The molecule has 60 valence electrons. The van der Waals surface area contributed by atoms with Crippen LogP contribution in [0.25, 0.3) is 0 Å². The van der Waals surface area contributed by atoms with Crippen LogP contribution in [0.2, 0.25) is 0 Å². The molecule has 12 heavy (non-hydrogen) atoms. The van der Waals surface area contributed by atoms with E-state index in [4.69, 9.17) is 0 Å². The summed E-state index contributed by atoms with van der Waals surface area (Å²) in [7, 11) is 0. The second-order valence-electron chi connectivity index (χ2n) is 2.87. The van der Waals surface area contributed by atoms with E-state index in [-0.39, 0.29) is 18.9 Å². The summed E-state index contributed by atoms with van der Waals surface area (Å²) in [6.45, 7) is 6.19. The van der Waals surface area contributed by atoms with Gasteiger partial charge in [-0.2, -0.15) is 18.6 Å². The van der Waals surface area contributed by atoms with Crippen molar-refractivity contribution < 1.29 is 18.9 Å². The molecular formula is C11H15Li. The molecule has 0 N–H and O–H groups in total. The van der Waals surface area contributed by atoms with Crippen molar-refractivity contribution in [2.24, 2.45) is 0 Å². The van der Waals surface area contributed by atoms with E-state index >= 15 is 0 Å². The maximum absolute atomic E-state index is 3.97. The van der Waals surface area contributed by atoms with Crippen LogP contribution in [-0.2, 0) is 6.42 Å². The fourth-order valence-corrected chi connectivity index (χ4v) is 1.17. The first-order valence-electron chi connectivity index (χ1n) is 4.24. The molecule has 0 saturated carbocycles. The third-order valence-corrected chi connectivity index (χ3v) is 1.92. The minimum absolute atomic E-state index is 0. The van der Waals surface area contributed by atoms with Gasteiger partial charge in [0.15, 0.2) is 0 Å². The fourth-order valence-electron chi connectivity index (χ4n) is 1.17. The maximum Gasteiger partial charge on any atom is 1.00 e. The SMILES string of the molecule is [CH2-]c1ccccc1CCCC.[Li+]. The zero-order chi connectivity index (χ0) is 8.10. The van der Waals surface area contributed by atoms with Crippen LogP contribution in [0.15, 0.2) is 24.3 Å². The van der Waals surface area contributed by atoms with Crippen LogP contribution in [0, 0.1) is 6.92 Å². The van der Waals surface area contributed by atoms with Crippen LogP contribution in [-0.4, -0.2) is 0 Å². The topological polar surface area (TPSA) is 0 Å². The molecule has 1 rings (SSSR count). The van der Waals surface area contributed by atoms with Crippen molar-refractivity contribution in [3.63, 3.8) is 0 Å². The molecule has 0 heterocycles. The van der Waals surface area contributed by atoms with Gasteiger partial charge in [-0.05, 0) is 0 Å². The molecule has 1 aromatic rings. The largest absolute Gasteiger partial charge is 1.00 e. The van der Waals surface area contributed by atoms with Crippen molar-refractivity contribution in [1.82, 2.24) is 0 Å². The maximum atomic E-state index is 3.97. The summed E-state index contributed by atoms with van der Waals surface area (Å²) in [5.74, 6) is 0. The number of hydrogen-bond acceptors (Lipinski definition) is 0. The second-order valence-corrected chi connectivity index (χ2v) is 2.87. The summed E-state index contributed by atoms with van der Waals surface area (Å²) in [5.41, 5.74) is 2.58. The minimum atomic E-state index is 0. The monoisotopic (exact) mass is 154 g/mol. The number of hydrogen-bond donors (Lipinski definition) is 0. The Kier molecular flexibility index (Phi) is 6.07. The number of unbranched alkanes of at least 4 members (excludes halogenated alkanes) is 1. The van der Waals surface area contributed by atoms with Crippen LogP contribution in [0.3, 0.4) is 0 Å². The van der Waals surface area contributed by atoms with Gasteiger partial charge in [0, 0.05) is 0 Å². The molecule has 1 heteroatoms. The molecule has 0 amide bonds. The first kappa shape index (κ1) is 11.7. The van der Waals surface area contributed by atoms with Gasteiger partial charge in [-0.3, -0.25) is 0 Å². The molecule has 0 bridgehead atoms. The fraction of sp³-hybridized carbons (Fsp3) is 0.364. The minimum Gasteiger partial charge on any atom is -0.198 e. The first-order chi connectivity index (χ1) is 5.34. The van der Waals surface area contributed by atoms with Gasteiger partial charge in [0.1, 0.15) is 0 Å². The summed E-state index contributed by atoms with van der Waals surface area (Å²) >= 11 is 0. The summed E-state index contributed by atoms with van der Waals surface area (Å²) < 4.78 is 0. The Morgan fingerprint density at radius 2 is 1.92 bits per heavy atom. The van der Waals surface area contributed by atoms with Gasteiger partial charge in [0.05, 0.1) is 0 Å². The van der Waals surface area contributed by atoms with Gasteiger partial charge in [0.2, 0.25) is 0 Å². The molecule has 0 nitrogen and oxygen atoms in total. The molecule has 0 aliphatic carbocycles. The molecular weight excluding hydrogens is 139 g/mol. The van der Waals surface area contributed by atoms with E-state index in [0.29, 0.717) is 0 Å². The Hall–Kier alpha value is -0.313. The Labute approximate surface area is 87.6 Å². The number of benzene rings is 1. The van der Waals surface area contributed by atoms with Crippen molar-refractivity contribution >= 4 is 0 Å². The summed E-state index contributed by atoms with van der Waals surface area (Å²) in [4.78, 5) is 0. The van der Waals surface area contributed by atoms with E-state index in [1.807, 2.05) is 6.07 Å². The molecule has 0 aliphatic heterocycles. The van der Waals surface area contributed by atoms with Crippen LogP contribution in [0.1, 0.15) is 30.9 Å². The van der Waals surface area contributed by atoms with Gasteiger partial charge in [-0.1, -0.05) is 32.3 Å². The smallest absolute Gasteiger partial charge is 0.198 e. The van der Waals surface area contributed by atoms with Gasteiger partial charge < -0.3 is 0 Å². The molecule has 0 aromatic heterocycles. The van der Waals surface area contributed by atoms with Crippen molar-refractivity contribution in [3.05, 3.63) is 42.3 Å². The van der Waals surface area contributed by atoms with Crippen LogP contribution in [0.4, 0.5) is 0 Å². The summed E-state index contributed by atoms with van der Waals surface area (Å²) in [6.07, 6.45) is 3.71. The average molecular weight is 154 g/mol. The van der Waals surface area contributed by atoms with Crippen molar-refractivity contribution in [2.45, 2.75) is 26.2 Å². The molecule has 0 atom stereocenters. The van der Waals surface area contributed by atoms with Gasteiger partial charge >= 0.3 is 18.9 Å². The summed E-state index contributed by atoms with van der Waals surface area (Å²) in [6, 6.07) is 8.36. The van der Waals surface area contributed by atoms with Crippen LogP contribution in [0.5, 0.6) is 0 Å². The van der Waals surface area contributed by atoms with Crippen molar-refractivity contribution in [2.75, 3.05) is 0 Å². The molecule has 0 spiro atoms. The second kappa shape index (κ2) is 6.23. The predicted molar refractivity (Wildman–Crippen MR) is 49.5 cm³/mol. The number of aryl methyl sites for hydroxylation is 1. The molecule has 0 fully saturated rings. The van der Waals surface area contributed by atoms with E-state index in [0.717, 1.165) is 0 Å². The Balaban J connectivity index is 0.00000121. The van der Waals surface area contributed by atoms with Gasteiger partial charge in [-0.25, -0.2) is 0 Å². The van der Waals surface area contributed by atoms with E-state index in [1.165, 1.54) is 30.4 Å².